The fourth-order valence-corrected chi connectivity index (χ4v) is 4.92. The van der Waals surface area contributed by atoms with Gasteiger partial charge in [-0.15, -0.1) is 0 Å². The van der Waals surface area contributed by atoms with Crippen molar-refractivity contribution in [3.8, 4) is 0 Å². The SMILES string of the molecule is O=C(NNC(=O)c1oc2ccccc2c1CSC1CCCCC1)c1ccc[nH]1. The van der Waals surface area contributed by atoms with Crippen molar-refractivity contribution < 1.29 is 14.0 Å². The molecule has 2 heterocycles. The van der Waals surface area contributed by atoms with Crippen molar-refractivity contribution in [3.63, 3.8) is 0 Å². The van der Waals surface area contributed by atoms with E-state index in [1.54, 1.807) is 18.3 Å². The number of amides is 2. The minimum absolute atomic E-state index is 0.260. The molecule has 1 aliphatic carbocycles. The summed E-state index contributed by atoms with van der Waals surface area (Å²) in [6.07, 6.45) is 7.99. The highest BCUT2D eigenvalue weighted by atomic mass is 32.2. The predicted molar refractivity (Wildman–Crippen MR) is 110 cm³/mol. The van der Waals surface area contributed by atoms with Gasteiger partial charge in [0.15, 0.2) is 5.76 Å². The molecular weight excluding hydrogens is 374 g/mol. The van der Waals surface area contributed by atoms with E-state index in [1.807, 2.05) is 36.0 Å². The van der Waals surface area contributed by atoms with Gasteiger partial charge in [0.05, 0.1) is 0 Å². The highest BCUT2D eigenvalue weighted by Crippen LogP contribution is 2.34. The number of hydrogen-bond acceptors (Lipinski definition) is 4. The second-order valence-electron chi connectivity index (χ2n) is 6.97. The van der Waals surface area contributed by atoms with E-state index in [1.165, 1.54) is 32.1 Å². The lowest BCUT2D eigenvalue weighted by molar-refractivity contribution is 0.0829. The monoisotopic (exact) mass is 397 g/mol. The molecule has 3 N–H and O–H groups in total. The quantitative estimate of drug-likeness (QED) is 0.557. The van der Waals surface area contributed by atoms with Gasteiger partial charge in [-0.1, -0.05) is 37.5 Å². The van der Waals surface area contributed by atoms with Crippen molar-refractivity contribution in [1.29, 1.82) is 0 Å². The molecule has 7 heteroatoms. The normalized spacial score (nSPS) is 14.9. The van der Waals surface area contributed by atoms with Gasteiger partial charge in [0.2, 0.25) is 0 Å². The smallest absolute Gasteiger partial charge is 0.305 e. The van der Waals surface area contributed by atoms with Crippen LogP contribution in [-0.2, 0) is 5.75 Å². The number of carbonyl (C=O) groups is 2. The highest BCUT2D eigenvalue weighted by molar-refractivity contribution is 7.99. The molecule has 1 fully saturated rings. The molecule has 28 heavy (non-hydrogen) atoms. The third-order valence-corrected chi connectivity index (χ3v) is 6.45. The molecule has 0 bridgehead atoms. The first-order valence-electron chi connectivity index (χ1n) is 9.58. The molecule has 6 nitrogen and oxygen atoms in total. The summed E-state index contributed by atoms with van der Waals surface area (Å²) >= 11 is 1.89. The maximum Gasteiger partial charge on any atom is 0.305 e. The Hall–Kier alpha value is -2.67. The van der Waals surface area contributed by atoms with Crippen LogP contribution in [0.1, 0.15) is 58.7 Å². The minimum Gasteiger partial charge on any atom is -0.451 e. The summed E-state index contributed by atoms with van der Waals surface area (Å²) in [4.78, 5) is 27.6. The number of nitrogens with one attached hydrogen (secondary N) is 3. The third kappa shape index (κ3) is 4.09. The number of hydrogen-bond donors (Lipinski definition) is 3. The topological polar surface area (TPSA) is 87.1 Å². The molecule has 3 aromatic rings. The van der Waals surface area contributed by atoms with Crippen LogP contribution in [0.15, 0.2) is 47.0 Å². The van der Waals surface area contributed by atoms with Crippen LogP contribution in [0.5, 0.6) is 0 Å². The van der Waals surface area contributed by atoms with Crippen LogP contribution in [-0.4, -0.2) is 22.0 Å². The predicted octanol–water partition coefficient (Wildman–Crippen LogP) is 4.40. The van der Waals surface area contributed by atoms with Crippen LogP contribution in [0.4, 0.5) is 0 Å². The van der Waals surface area contributed by atoms with Crippen LogP contribution < -0.4 is 10.9 Å². The van der Waals surface area contributed by atoms with Crippen LogP contribution in [0, 0.1) is 0 Å². The molecule has 0 spiro atoms. The average Bonchev–Trinajstić information content (AvgIpc) is 3.39. The van der Waals surface area contributed by atoms with Crippen molar-refractivity contribution in [2.45, 2.75) is 43.1 Å². The first-order valence-corrected chi connectivity index (χ1v) is 10.6. The van der Waals surface area contributed by atoms with Gasteiger partial charge in [0, 0.05) is 28.1 Å². The molecule has 0 unspecified atom stereocenters. The Labute approximate surface area is 167 Å². The van der Waals surface area contributed by atoms with Gasteiger partial charge in [-0.25, -0.2) is 0 Å². The van der Waals surface area contributed by atoms with Crippen molar-refractivity contribution in [1.82, 2.24) is 15.8 Å². The Morgan fingerprint density at radius 3 is 2.61 bits per heavy atom. The Balaban J connectivity index is 1.50. The molecule has 0 aliphatic heterocycles. The van der Waals surface area contributed by atoms with E-state index in [4.69, 9.17) is 4.42 Å². The van der Waals surface area contributed by atoms with E-state index in [0.717, 1.165) is 16.7 Å². The average molecular weight is 398 g/mol. The fourth-order valence-electron chi connectivity index (χ4n) is 3.57. The van der Waals surface area contributed by atoms with Crippen LogP contribution >= 0.6 is 11.8 Å². The Morgan fingerprint density at radius 1 is 1.04 bits per heavy atom. The largest absolute Gasteiger partial charge is 0.451 e. The summed E-state index contributed by atoms with van der Waals surface area (Å²) in [6, 6.07) is 11.0. The number of H-pyrrole nitrogens is 1. The Kier molecular flexibility index (Phi) is 5.71. The summed E-state index contributed by atoms with van der Waals surface area (Å²) in [5.74, 6) is 0.119. The zero-order chi connectivity index (χ0) is 19.3. The molecule has 0 atom stereocenters. The van der Waals surface area contributed by atoms with Crippen molar-refractivity contribution in [2.75, 3.05) is 0 Å². The van der Waals surface area contributed by atoms with Gasteiger partial charge >= 0.3 is 5.91 Å². The van der Waals surface area contributed by atoms with E-state index in [9.17, 15) is 9.59 Å². The van der Waals surface area contributed by atoms with Gasteiger partial charge in [-0.05, 0) is 31.0 Å². The van der Waals surface area contributed by atoms with Gasteiger partial charge in [0.25, 0.3) is 5.91 Å². The van der Waals surface area contributed by atoms with Crippen LogP contribution in [0.25, 0.3) is 11.0 Å². The number of thioether (sulfide) groups is 1. The molecule has 1 saturated carbocycles. The number of aromatic nitrogens is 1. The van der Waals surface area contributed by atoms with E-state index < -0.39 is 11.8 Å². The summed E-state index contributed by atoms with van der Waals surface area (Å²) in [5, 5.41) is 1.58. The molecule has 2 aromatic heterocycles. The van der Waals surface area contributed by atoms with E-state index in [-0.39, 0.29) is 5.76 Å². The number of para-hydroxylation sites is 1. The molecule has 2 amide bonds. The van der Waals surface area contributed by atoms with Crippen LogP contribution in [0.3, 0.4) is 0 Å². The molecule has 1 aromatic carbocycles. The van der Waals surface area contributed by atoms with Gasteiger partial charge in [0.1, 0.15) is 11.3 Å². The molecular formula is C21H23N3O3S. The minimum atomic E-state index is -0.449. The maximum atomic E-state index is 12.7. The van der Waals surface area contributed by atoms with Gasteiger partial charge < -0.3 is 9.40 Å². The fraction of sp³-hybridized carbons (Fsp3) is 0.333. The summed E-state index contributed by atoms with van der Waals surface area (Å²) in [6.45, 7) is 0. The lowest BCUT2D eigenvalue weighted by Crippen LogP contribution is -2.41. The summed E-state index contributed by atoms with van der Waals surface area (Å²) < 4.78 is 5.84. The number of aromatic amines is 1. The van der Waals surface area contributed by atoms with Crippen molar-refractivity contribution >= 4 is 34.5 Å². The van der Waals surface area contributed by atoms with E-state index in [0.29, 0.717) is 16.5 Å². The number of rotatable bonds is 5. The zero-order valence-electron chi connectivity index (χ0n) is 15.5. The Morgan fingerprint density at radius 2 is 1.82 bits per heavy atom. The number of benzene rings is 1. The molecule has 146 valence electrons. The number of furan rings is 1. The van der Waals surface area contributed by atoms with E-state index >= 15 is 0 Å². The zero-order valence-corrected chi connectivity index (χ0v) is 16.3. The molecule has 4 rings (SSSR count). The lowest BCUT2D eigenvalue weighted by Gasteiger charge is -2.20. The second kappa shape index (κ2) is 8.56. The molecule has 0 saturated heterocycles. The van der Waals surface area contributed by atoms with Crippen molar-refractivity contribution in [2.24, 2.45) is 0 Å². The Bertz CT molecular complexity index is 959. The van der Waals surface area contributed by atoms with E-state index in [2.05, 4.69) is 15.8 Å². The lowest BCUT2D eigenvalue weighted by atomic mass is 10.0. The highest BCUT2D eigenvalue weighted by Gasteiger charge is 2.23. The van der Waals surface area contributed by atoms with Crippen molar-refractivity contribution in [3.05, 3.63) is 59.6 Å². The summed E-state index contributed by atoms with van der Waals surface area (Å²) in [7, 11) is 0. The maximum absolute atomic E-state index is 12.7. The van der Waals surface area contributed by atoms with Crippen LogP contribution in [0.2, 0.25) is 0 Å². The van der Waals surface area contributed by atoms with Gasteiger partial charge in [-0.2, -0.15) is 11.8 Å². The number of hydrazine groups is 1. The second-order valence-corrected chi connectivity index (χ2v) is 8.26. The molecule has 1 aliphatic rings. The number of carbonyl (C=O) groups excluding carboxylic acids is 2. The van der Waals surface area contributed by atoms with Gasteiger partial charge in [-0.3, -0.25) is 20.4 Å². The number of fused-ring (bicyclic) bond motifs is 1. The first-order chi connectivity index (χ1) is 13.7. The molecule has 0 radical (unpaired) electrons. The standard InChI is InChI=1S/C21H23N3O3S/c25-20(17-10-6-12-22-17)23-24-21(26)19-16(13-28-14-7-2-1-3-8-14)15-9-4-5-11-18(15)27-19/h4-6,9-12,14,22H,1-3,7-8,13H2,(H,23,25)(H,24,26). The third-order valence-electron chi connectivity index (χ3n) is 5.05. The first kappa shape index (κ1) is 18.7. The summed E-state index contributed by atoms with van der Waals surface area (Å²) in [5.41, 5.74) is 6.83.